The van der Waals surface area contributed by atoms with Crippen LogP contribution >= 0.6 is 0 Å². The maximum atomic E-state index is 9.25. The third-order valence-corrected chi connectivity index (χ3v) is 0.175. The number of carboxylic acid groups (broad SMARTS) is 1. The van der Waals surface area contributed by atoms with Crippen molar-refractivity contribution < 1.29 is 9.90 Å². The Morgan fingerprint density at radius 3 is 0.857 bits per heavy atom. The van der Waals surface area contributed by atoms with E-state index in [1.807, 2.05) is 0 Å². The molecule has 0 amide bonds. The normalized spacial score (nSPS) is 2.29. The summed E-state index contributed by atoms with van der Waals surface area (Å²) in [5, 5.41) is 7.60. The van der Waals surface area contributed by atoms with Crippen LogP contribution in [0.25, 0.3) is 0 Å². The molecule has 0 saturated carbocycles. The fourth-order valence-corrected chi connectivity index (χ4v) is 0. The third-order valence-electron chi connectivity index (χ3n) is 0.175. The van der Waals surface area contributed by atoms with Crippen molar-refractivity contribution >= 4 is 105 Å². The summed E-state index contributed by atoms with van der Waals surface area (Å²) in [6.45, 7) is 2.96. The van der Waals surface area contributed by atoms with E-state index in [0.717, 1.165) is 6.08 Å². The molecule has 0 bridgehead atoms. The van der Waals surface area contributed by atoms with Crippen LogP contribution in [0.3, 0.4) is 0 Å². The Hall–Kier alpha value is 1.16. The van der Waals surface area contributed by atoms with Gasteiger partial charge in [0.05, 0.1) is 0 Å². The highest BCUT2D eigenvalue weighted by Crippen LogP contribution is 1.54. The molecular weight excluding hydrogens is 321 g/mol. The number of carbonyl (C=O) groups is 1. The smallest absolute Gasteiger partial charge is 0.327 e. The number of carboxylic acids is 1. The number of aliphatic carboxylic acids is 1. The molecule has 0 heterocycles. The molecular formula is C3H40O2Si9. The fraction of sp³-hybridized carbons (Fsp3) is 0. The summed E-state index contributed by atoms with van der Waals surface area (Å²) in [5.41, 5.74) is 0. The monoisotopic (exact) mass is 360 g/mol. The molecule has 0 aromatic carbocycles. The standard InChI is InChI=1S/C3H4O2.9H4Si/c1-2-3(4)5;;;;;;;;;/h2H,1H2,(H,4,5);9*1H4. The summed E-state index contributed by atoms with van der Waals surface area (Å²) in [5.74, 6) is -0.981. The van der Waals surface area contributed by atoms with Gasteiger partial charge in [-0.1, -0.05) is 6.58 Å². The van der Waals surface area contributed by atoms with Crippen LogP contribution in [-0.4, -0.2) is 110 Å². The van der Waals surface area contributed by atoms with Gasteiger partial charge in [0.2, 0.25) is 0 Å². The van der Waals surface area contributed by atoms with E-state index >= 15 is 0 Å². The van der Waals surface area contributed by atoms with Gasteiger partial charge in [-0.25, -0.2) is 4.79 Å². The summed E-state index contributed by atoms with van der Waals surface area (Å²) >= 11 is 0. The van der Waals surface area contributed by atoms with Gasteiger partial charge in [0, 0.05) is 6.08 Å². The predicted molar refractivity (Wildman–Crippen MR) is 120 cm³/mol. The molecule has 0 atom stereocenters. The molecule has 0 spiro atoms. The van der Waals surface area contributed by atoms with Gasteiger partial charge >= 0.3 is 5.97 Å². The molecule has 0 aliphatic carbocycles. The first-order chi connectivity index (χ1) is 2.27. The lowest BCUT2D eigenvalue weighted by Gasteiger charge is -1.64. The van der Waals surface area contributed by atoms with Gasteiger partial charge in [-0.3, -0.25) is 0 Å². The van der Waals surface area contributed by atoms with E-state index in [1.54, 1.807) is 0 Å². The average molecular weight is 361 g/mol. The Balaban J connectivity index is -0.00000000222. The summed E-state index contributed by atoms with van der Waals surface area (Å²) in [7, 11) is 0. The lowest BCUT2D eigenvalue weighted by Crippen LogP contribution is -1.82. The van der Waals surface area contributed by atoms with Crippen molar-refractivity contribution in [1.29, 1.82) is 0 Å². The van der Waals surface area contributed by atoms with E-state index in [1.165, 1.54) is 0 Å². The van der Waals surface area contributed by atoms with E-state index in [9.17, 15) is 4.79 Å². The van der Waals surface area contributed by atoms with Gasteiger partial charge in [-0.15, -0.1) is 0 Å². The van der Waals surface area contributed by atoms with Gasteiger partial charge in [0.25, 0.3) is 0 Å². The quantitative estimate of drug-likeness (QED) is 0.372. The second-order valence-corrected chi connectivity index (χ2v) is 0.542. The first-order valence-corrected chi connectivity index (χ1v) is 1.12. The van der Waals surface area contributed by atoms with E-state index < -0.39 is 5.97 Å². The molecule has 0 aliphatic rings. The predicted octanol–water partition coefficient (Wildman–Crippen LogP) is -12.8. The lowest BCUT2D eigenvalue weighted by molar-refractivity contribution is -0.131. The van der Waals surface area contributed by atoms with Crippen molar-refractivity contribution in [2.45, 2.75) is 0 Å². The minimum atomic E-state index is -0.981. The molecule has 0 fully saturated rings. The average Bonchev–Trinajstić information content (AvgIpc) is 1.38. The van der Waals surface area contributed by atoms with Gasteiger partial charge < -0.3 is 5.11 Å². The molecule has 1 N–H and O–H groups in total. The minimum absolute atomic E-state index is 0. The summed E-state index contributed by atoms with van der Waals surface area (Å²) in [6, 6.07) is 0. The van der Waals surface area contributed by atoms with Gasteiger partial charge in [-0.2, -0.15) is 0 Å². The first kappa shape index (κ1) is 114. The molecule has 0 radical (unpaired) electrons. The summed E-state index contributed by atoms with van der Waals surface area (Å²) in [6.07, 6.45) is 0.833. The van der Waals surface area contributed by atoms with Crippen molar-refractivity contribution in [3.05, 3.63) is 12.7 Å². The highest BCUT2D eigenvalue weighted by Gasteiger charge is 1.73. The van der Waals surface area contributed by atoms with Crippen LogP contribution in [0.2, 0.25) is 0 Å². The molecule has 0 rings (SSSR count). The molecule has 0 saturated heterocycles. The van der Waals surface area contributed by atoms with Crippen molar-refractivity contribution in [2.75, 3.05) is 0 Å². The first-order valence-electron chi connectivity index (χ1n) is 1.12. The molecule has 0 aliphatic heterocycles. The highest BCUT2D eigenvalue weighted by molar-refractivity contribution is 5.78. The van der Waals surface area contributed by atoms with Crippen molar-refractivity contribution in [1.82, 2.24) is 0 Å². The zero-order valence-corrected chi connectivity index (χ0v) is 2.64. The van der Waals surface area contributed by atoms with E-state index in [-0.39, 0.29) is 98.7 Å². The molecule has 100 valence electrons. The van der Waals surface area contributed by atoms with Crippen LogP contribution in [0.15, 0.2) is 12.7 Å². The number of hydrogen-bond donors (Lipinski definition) is 1. The van der Waals surface area contributed by atoms with Crippen LogP contribution in [0.4, 0.5) is 0 Å². The van der Waals surface area contributed by atoms with Crippen molar-refractivity contribution in [3.8, 4) is 0 Å². The van der Waals surface area contributed by atoms with Crippen LogP contribution in [0.1, 0.15) is 0 Å². The van der Waals surface area contributed by atoms with Gasteiger partial charge in [0.15, 0.2) is 0 Å². The van der Waals surface area contributed by atoms with E-state index in [0.29, 0.717) is 0 Å². The second-order valence-electron chi connectivity index (χ2n) is 0.542. The van der Waals surface area contributed by atoms with Crippen LogP contribution in [0.5, 0.6) is 0 Å². The molecule has 0 aromatic rings. The zero-order chi connectivity index (χ0) is 4.28. The maximum Gasteiger partial charge on any atom is 0.327 e. The Bertz CT molecular complexity index is 69.1. The largest absolute Gasteiger partial charge is 0.478 e. The molecule has 0 aromatic heterocycles. The Kier molecular flexibility index (Phi) is 751. The SMILES string of the molecule is C=CC(=O)O.[SiH4].[SiH4].[SiH4].[SiH4].[SiH4].[SiH4].[SiH4].[SiH4].[SiH4]. The maximum absolute atomic E-state index is 9.25. The van der Waals surface area contributed by atoms with Gasteiger partial charge in [-0.05, 0) is 98.7 Å². The number of rotatable bonds is 1. The van der Waals surface area contributed by atoms with Crippen molar-refractivity contribution in [2.24, 2.45) is 0 Å². The third kappa shape index (κ3) is 195. The molecule has 14 heavy (non-hydrogen) atoms. The highest BCUT2D eigenvalue weighted by atomic mass is 28.1. The molecule has 0 unspecified atom stereocenters. The Morgan fingerprint density at radius 1 is 0.786 bits per heavy atom. The Morgan fingerprint density at radius 2 is 0.857 bits per heavy atom. The van der Waals surface area contributed by atoms with E-state index in [4.69, 9.17) is 5.11 Å². The zero-order valence-electron chi connectivity index (χ0n) is 2.64. The van der Waals surface area contributed by atoms with Crippen molar-refractivity contribution in [3.63, 3.8) is 0 Å². The summed E-state index contributed by atoms with van der Waals surface area (Å²) < 4.78 is 0. The van der Waals surface area contributed by atoms with Gasteiger partial charge in [0.1, 0.15) is 0 Å². The van der Waals surface area contributed by atoms with Crippen LogP contribution in [0, 0.1) is 0 Å². The molecule has 2 nitrogen and oxygen atoms in total. The van der Waals surface area contributed by atoms with E-state index in [2.05, 4.69) is 6.58 Å². The topological polar surface area (TPSA) is 37.3 Å². The summed E-state index contributed by atoms with van der Waals surface area (Å²) in [4.78, 5) is 9.25. The van der Waals surface area contributed by atoms with Crippen LogP contribution in [-0.2, 0) is 4.79 Å². The Labute approximate surface area is 127 Å². The molecule has 11 heteroatoms. The lowest BCUT2D eigenvalue weighted by atomic mass is 10.7. The number of hydrogen-bond acceptors (Lipinski definition) is 1. The fourth-order valence-electron chi connectivity index (χ4n) is 0. The minimum Gasteiger partial charge on any atom is -0.478 e. The van der Waals surface area contributed by atoms with Crippen LogP contribution < -0.4 is 0 Å². The second kappa shape index (κ2) is 92.1.